The van der Waals surface area contributed by atoms with E-state index in [4.69, 9.17) is 14.6 Å². The number of hydrogen-bond donors (Lipinski definition) is 1. The summed E-state index contributed by atoms with van der Waals surface area (Å²) in [6.45, 7) is 2.35. The average Bonchev–Trinajstić information content (AvgIpc) is 2.48. The zero-order chi connectivity index (χ0) is 15.2. The summed E-state index contributed by atoms with van der Waals surface area (Å²) < 4.78 is 10.5. The molecule has 2 aromatic carbocycles. The lowest BCUT2D eigenvalue weighted by atomic mass is 10.2. The highest BCUT2D eigenvalue weighted by atomic mass is 16.5. The molecule has 2 aromatic rings. The van der Waals surface area contributed by atoms with E-state index in [0.717, 1.165) is 0 Å². The SMILES string of the molecule is CCOc1cccc(C(=O)Oc2cccc(C(=O)O)c2)c1. The molecule has 108 valence electrons. The summed E-state index contributed by atoms with van der Waals surface area (Å²) in [7, 11) is 0. The zero-order valence-electron chi connectivity index (χ0n) is 11.4. The van der Waals surface area contributed by atoms with Crippen molar-refractivity contribution in [3.8, 4) is 11.5 Å². The number of carbonyl (C=O) groups is 2. The van der Waals surface area contributed by atoms with Crippen LogP contribution in [-0.2, 0) is 0 Å². The van der Waals surface area contributed by atoms with E-state index in [1.807, 2.05) is 6.92 Å². The number of esters is 1. The molecule has 21 heavy (non-hydrogen) atoms. The molecular weight excluding hydrogens is 272 g/mol. The van der Waals surface area contributed by atoms with E-state index >= 15 is 0 Å². The van der Waals surface area contributed by atoms with Crippen molar-refractivity contribution < 1.29 is 24.2 Å². The maximum atomic E-state index is 12.0. The molecule has 0 atom stereocenters. The number of rotatable bonds is 5. The van der Waals surface area contributed by atoms with Gasteiger partial charge in [-0.05, 0) is 43.3 Å². The lowest BCUT2D eigenvalue weighted by Gasteiger charge is -2.07. The maximum Gasteiger partial charge on any atom is 0.343 e. The first kappa shape index (κ1) is 14.6. The van der Waals surface area contributed by atoms with Gasteiger partial charge in [-0.3, -0.25) is 0 Å². The average molecular weight is 286 g/mol. The summed E-state index contributed by atoms with van der Waals surface area (Å²) >= 11 is 0. The van der Waals surface area contributed by atoms with Crippen molar-refractivity contribution in [3.05, 3.63) is 59.7 Å². The van der Waals surface area contributed by atoms with Gasteiger partial charge in [0.05, 0.1) is 17.7 Å². The number of ether oxygens (including phenoxy) is 2. The maximum absolute atomic E-state index is 12.0. The molecule has 0 aliphatic carbocycles. The molecule has 0 aromatic heterocycles. The van der Waals surface area contributed by atoms with Crippen LogP contribution in [0.2, 0.25) is 0 Å². The van der Waals surface area contributed by atoms with E-state index in [0.29, 0.717) is 17.9 Å². The first-order valence-corrected chi connectivity index (χ1v) is 6.38. The fourth-order valence-corrected chi connectivity index (χ4v) is 1.74. The number of hydrogen-bond acceptors (Lipinski definition) is 4. The molecule has 0 fully saturated rings. The van der Waals surface area contributed by atoms with Gasteiger partial charge in [0.25, 0.3) is 0 Å². The van der Waals surface area contributed by atoms with Crippen LogP contribution >= 0.6 is 0 Å². The molecule has 0 amide bonds. The Balaban J connectivity index is 2.16. The second-order valence-electron chi connectivity index (χ2n) is 4.18. The Morgan fingerprint density at radius 3 is 2.29 bits per heavy atom. The van der Waals surface area contributed by atoms with Crippen molar-refractivity contribution >= 4 is 11.9 Å². The van der Waals surface area contributed by atoms with E-state index in [1.54, 1.807) is 24.3 Å². The number of carbonyl (C=O) groups excluding carboxylic acids is 1. The largest absolute Gasteiger partial charge is 0.494 e. The second kappa shape index (κ2) is 6.56. The van der Waals surface area contributed by atoms with Crippen molar-refractivity contribution in [1.82, 2.24) is 0 Å². The van der Waals surface area contributed by atoms with Gasteiger partial charge in [-0.25, -0.2) is 9.59 Å². The highest BCUT2D eigenvalue weighted by molar-refractivity contribution is 5.92. The first-order valence-electron chi connectivity index (χ1n) is 6.38. The first-order chi connectivity index (χ1) is 10.1. The molecule has 0 saturated heterocycles. The number of benzene rings is 2. The van der Waals surface area contributed by atoms with Crippen LogP contribution in [0.1, 0.15) is 27.6 Å². The van der Waals surface area contributed by atoms with Gasteiger partial charge in [-0.1, -0.05) is 12.1 Å². The van der Waals surface area contributed by atoms with Gasteiger partial charge in [-0.15, -0.1) is 0 Å². The molecule has 0 unspecified atom stereocenters. The van der Waals surface area contributed by atoms with Gasteiger partial charge in [0.15, 0.2) is 0 Å². The molecule has 0 heterocycles. The fourth-order valence-electron chi connectivity index (χ4n) is 1.74. The molecule has 1 N–H and O–H groups in total. The van der Waals surface area contributed by atoms with Crippen LogP contribution in [0, 0.1) is 0 Å². The molecule has 0 radical (unpaired) electrons. The topological polar surface area (TPSA) is 72.8 Å². The summed E-state index contributed by atoms with van der Waals surface area (Å²) in [6, 6.07) is 12.4. The summed E-state index contributed by atoms with van der Waals surface area (Å²) in [5, 5.41) is 8.90. The lowest BCUT2D eigenvalue weighted by Crippen LogP contribution is -2.09. The summed E-state index contributed by atoms with van der Waals surface area (Å²) in [6.07, 6.45) is 0. The van der Waals surface area contributed by atoms with Crippen molar-refractivity contribution in [2.24, 2.45) is 0 Å². The van der Waals surface area contributed by atoms with Gasteiger partial charge in [0.1, 0.15) is 11.5 Å². The molecule has 0 aliphatic rings. The van der Waals surface area contributed by atoms with Crippen molar-refractivity contribution in [2.75, 3.05) is 6.61 Å². The predicted octanol–water partition coefficient (Wildman–Crippen LogP) is 3.00. The van der Waals surface area contributed by atoms with Crippen molar-refractivity contribution in [2.45, 2.75) is 6.92 Å². The Hall–Kier alpha value is -2.82. The molecular formula is C16H14O5. The third-order valence-corrected chi connectivity index (χ3v) is 2.67. The summed E-state index contributed by atoms with van der Waals surface area (Å²) in [5.74, 6) is -0.890. The number of aromatic carboxylic acids is 1. The third kappa shape index (κ3) is 3.82. The van der Waals surface area contributed by atoms with Crippen LogP contribution in [0.3, 0.4) is 0 Å². The minimum atomic E-state index is -1.08. The third-order valence-electron chi connectivity index (χ3n) is 2.67. The van der Waals surface area contributed by atoms with Crippen LogP contribution in [0.15, 0.2) is 48.5 Å². The van der Waals surface area contributed by atoms with E-state index in [1.165, 1.54) is 24.3 Å². The van der Waals surface area contributed by atoms with E-state index in [9.17, 15) is 9.59 Å². The smallest absolute Gasteiger partial charge is 0.343 e. The second-order valence-corrected chi connectivity index (χ2v) is 4.18. The lowest BCUT2D eigenvalue weighted by molar-refractivity contribution is 0.0687. The van der Waals surface area contributed by atoms with Crippen LogP contribution in [-0.4, -0.2) is 23.7 Å². The van der Waals surface area contributed by atoms with Gasteiger partial charge in [0.2, 0.25) is 0 Å². The summed E-state index contributed by atoms with van der Waals surface area (Å²) in [4.78, 5) is 22.9. The molecule has 0 saturated carbocycles. The van der Waals surface area contributed by atoms with Crippen molar-refractivity contribution in [3.63, 3.8) is 0 Å². The number of carboxylic acids is 1. The Labute approximate surface area is 121 Å². The minimum absolute atomic E-state index is 0.0587. The van der Waals surface area contributed by atoms with Gasteiger partial charge < -0.3 is 14.6 Å². The molecule has 5 nitrogen and oxygen atoms in total. The Morgan fingerprint density at radius 1 is 1.00 bits per heavy atom. The minimum Gasteiger partial charge on any atom is -0.494 e. The van der Waals surface area contributed by atoms with E-state index in [2.05, 4.69) is 0 Å². The Bertz CT molecular complexity index is 663. The van der Waals surface area contributed by atoms with Gasteiger partial charge in [-0.2, -0.15) is 0 Å². The van der Waals surface area contributed by atoms with Crippen LogP contribution < -0.4 is 9.47 Å². The Kier molecular flexibility index (Phi) is 4.56. The van der Waals surface area contributed by atoms with E-state index < -0.39 is 11.9 Å². The van der Waals surface area contributed by atoms with E-state index in [-0.39, 0.29) is 11.3 Å². The van der Waals surface area contributed by atoms with Gasteiger partial charge in [0, 0.05) is 0 Å². The fraction of sp³-hybridized carbons (Fsp3) is 0.125. The van der Waals surface area contributed by atoms with Crippen molar-refractivity contribution in [1.29, 1.82) is 0 Å². The quantitative estimate of drug-likeness (QED) is 0.675. The van der Waals surface area contributed by atoms with Crippen LogP contribution in [0.4, 0.5) is 0 Å². The number of carboxylic acid groups (broad SMARTS) is 1. The molecule has 0 aliphatic heterocycles. The highest BCUT2D eigenvalue weighted by Gasteiger charge is 2.11. The normalized spacial score (nSPS) is 9.95. The predicted molar refractivity (Wildman–Crippen MR) is 76.0 cm³/mol. The summed E-state index contributed by atoms with van der Waals surface area (Å²) in [5.41, 5.74) is 0.394. The van der Waals surface area contributed by atoms with Gasteiger partial charge >= 0.3 is 11.9 Å². The molecule has 5 heteroatoms. The monoisotopic (exact) mass is 286 g/mol. The Morgan fingerprint density at radius 2 is 1.62 bits per heavy atom. The molecule has 0 spiro atoms. The molecule has 2 rings (SSSR count). The highest BCUT2D eigenvalue weighted by Crippen LogP contribution is 2.18. The molecule has 0 bridgehead atoms. The van der Waals surface area contributed by atoms with Crippen LogP contribution in [0.5, 0.6) is 11.5 Å². The zero-order valence-corrected chi connectivity index (χ0v) is 11.4. The van der Waals surface area contributed by atoms with Crippen LogP contribution in [0.25, 0.3) is 0 Å². The standard InChI is InChI=1S/C16H14O5/c1-2-20-13-7-4-6-12(10-13)16(19)21-14-8-3-5-11(9-14)15(17)18/h3-10H,2H2,1H3,(H,17,18).